The summed E-state index contributed by atoms with van der Waals surface area (Å²) in [7, 11) is -3.60. The maximum absolute atomic E-state index is 12.5. The zero-order valence-electron chi connectivity index (χ0n) is 14.1. The van der Waals surface area contributed by atoms with Crippen LogP contribution in [-0.2, 0) is 16.6 Å². The molecule has 3 aromatic rings. The average Bonchev–Trinajstić information content (AvgIpc) is 3.10. The first-order chi connectivity index (χ1) is 11.9. The van der Waals surface area contributed by atoms with Crippen LogP contribution in [-0.4, -0.2) is 8.42 Å². The summed E-state index contributed by atoms with van der Waals surface area (Å²) >= 11 is 0. The lowest BCUT2D eigenvalue weighted by molar-refractivity contribution is 0.518. The van der Waals surface area contributed by atoms with Gasteiger partial charge in [-0.05, 0) is 73.5 Å². The molecule has 0 aliphatic heterocycles. The zero-order chi connectivity index (χ0) is 17.9. The van der Waals surface area contributed by atoms with E-state index in [4.69, 9.17) is 4.42 Å². The van der Waals surface area contributed by atoms with E-state index in [1.165, 1.54) is 0 Å². The van der Waals surface area contributed by atoms with Crippen molar-refractivity contribution in [1.29, 1.82) is 0 Å². The van der Waals surface area contributed by atoms with Gasteiger partial charge in [0.1, 0.15) is 5.76 Å². The van der Waals surface area contributed by atoms with Gasteiger partial charge in [0.25, 0.3) is 10.0 Å². The topological polar surface area (TPSA) is 71.3 Å². The summed E-state index contributed by atoms with van der Waals surface area (Å²) in [4.78, 5) is 0.260. The van der Waals surface area contributed by atoms with Gasteiger partial charge in [0.2, 0.25) is 0 Å². The molecule has 3 rings (SSSR count). The lowest BCUT2D eigenvalue weighted by atomic mass is 10.1. The Morgan fingerprint density at radius 1 is 0.920 bits per heavy atom. The Bertz CT molecular complexity index is 947. The van der Waals surface area contributed by atoms with Crippen molar-refractivity contribution in [2.75, 3.05) is 10.0 Å². The number of hydrogen-bond acceptors (Lipinski definition) is 4. The molecule has 0 fully saturated rings. The predicted molar refractivity (Wildman–Crippen MR) is 99.2 cm³/mol. The predicted octanol–water partition coefficient (Wildman–Crippen LogP) is 4.31. The number of furan rings is 1. The van der Waals surface area contributed by atoms with Crippen molar-refractivity contribution >= 4 is 21.4 Å². The fraction of sp³-hybridized carbons (Fsp3) is 0.158. The molecule has 2 N–H and O–H groups in total. The standard InChI is InChI=1S/C19H20N2O3S/c1-14-5-10-19(12-15(14)2)25(22,23)21-17-8-6-16(7-9-17)20-13-18-4-3-11-24-18/h3-12,20-21H,13H2,1-2H3. The Hall–Kier alpha value is -2.73. The van der Waals surface area contributed by atoms with Crippen LogP contribution in [0.25, 0.3) is 0 Å². The van der Waals surface area contributed by atoms with E-state index >= 15 is 0 Å². The van der Waals surface area contributed by atoms with Crippen LogP contribution in [0.1, 0.15) is 16.9 Å². The second-order valence-corrected chi connectivity index (χ2v) is 7.54. The Kier molecular flexibility index (Phi) is 4.81. The third-order valence-corrected chi connectivity index (χ3v) is 5.35. The van der Waals surface area contributed by atoms with Gasteiger partial charge < -0.3 is 9.73 Å². The Balaban J connectivity index is 1.68. The van der Waals surface area contributed by atoms with Crippen molar-refractivity contribution < 1.29 is 12.8 Å². The number of sulfonamides is 1. The van der Waals surface area contributed by atoms with E-state index in [-0.39, 0.29) is 4.90 Å². The van der Waals surface area contributed by atoms with Crippen molar-refractivity contribution in [3.8, 4) is 0 Å². The summed E-state index contributed by atoms with van der Waals surface area (Å²) in [5.74, 6) is 0.833. The van der Waals surface area contributed by atoms with Gasteiger partial charge in [0, 0.05) is 11.4 Å². The molecular formula is C19H20N2O3S. The van der Waals surface area contributed by atoms with E-state index in [2.05, 4.69) is 10.0 Å². The molecule has 0 saturated carbocycles. The Labute approximate surface area is 147 Å². The smallest absolute Gasteiger partial charge is 0.261 e. The van der Waals surface area contributed by atoms with E-state index in [1.807, 2.05) is 44.2 Å². The lowest BCUT2D eigenvalue weighted by Gasteiger charge is -2.11. The first-order valence-corrected chi connectivity index (χ1v) is 9.39. The molecule has 0 amide bonds. The van der Waals surface area contributed by atoms with Crippen LogP contribution < -0.4 is 10.0 Å². The van der Waals surface area contributed by atoms with Gasteiger partial charge in [-0.25, -0.2) is 8.42 Å². The van der Waals surface area contributed by atoms with Gasteiger partial charge in [0.05, 0.1) is 17.7 Å². The quantitative estimate of drug-likeness (QED) is 0.690. The first kappa shape index (κ1) is 17.1. The molecule has 0 atom stereocenters. The summed E-state index contributed by atoms with van der Waals surface area (Å²) in [5, 5.41) is 3.21. The molecule has 6 heteroatoms. The van der Waals surface area contributed by atoms with Crippen LogP contribution in [0.2, 0.25) is 0 Å². The highest BCUT2D eigenvalue weighted by Gasteiger charge is 2.14. The van der Waals surface area contributed by atoms with E-state index in [0.29, 0.717) is 12.2 Å². The van der Waals surface area contributed by atoms with Crippen molar-refractivity contribution in [3.05, 3.63) is 77.7 Å². The summed E-state index contributed by atoms with van der Waals surface area (Å²) in [5.41, 5.74) is 3.40. The second-order valence-electron chi connectivity index (χ2n) is 5.86. The Morgan fingerprint density at radius 3 is 2.28 bits per heavy atom. The third kappa shape index (κ3) is 4.22. The van der Waals surface area contributed by atoms with E-state index < -0.39 is 10.0 Å². The SMILES string of the molecule is Cc1ccc(S(=O)(=O)Nc2ccc(NCc3ccco3)cc2)cc1C. The molecule has 0 spiro atoms. The van der Waals surface area contributed by atoms with Crippen molar-refractivity contribution in [3.63, 3.8) is 0 Å². The van der Waals surface area contributed by atoms with Gasteiger partial charge in [-0.2, -0.15) is 0 Å². The molecule has 0 aliphatic carbocycles. The molecule has 0 radical (unpaired) electrons. The molecule has 0 bridgehead atoms. The fourth-order valence-corrected chi connectivity index (χ4v) is 3.50. The van der Waals surface area contributed by atoms with Crippen molar-refractivity contribution in [1.82, 2.24) is 0 Å². The maximum atomic E-state index is 12.5. The highest BCUT2D eigenvalue weighted by atomic mass is 32.2. The first-order valence-electron chi connectivity index (χ1n) is 7.90. The summed E-state index contributed by atoms with van der Waals surface area (Å²) < 4.78 is 32.8. The van der Waals surface area contributed by atoms with Gasteiger partial charge in [-0.3, -0.25) is 4.72 Å². The van der Waals surface area contributed by atoms with Gasteiger partial charge in [0.15, 0.2) is 0 Å². The molecule has 1 heterocycles. The minimum absolute atomic E-state index is 0.260. The molecular weight excluding hydrogens is 336 g/mol. The van der Waals surface area contributed by atoms with Crippen molar-refractivity contribution in [2.24, 2.45) is 0 Å². The number of anilines is 2. The number of aryl methyl sites for hydroxylation is 2. The highest BCUT2D eigenvalue weighted by molar-refractivity contribution is 7.92. The van der Waals surface area contributed by atoms with Crippen LogP contribution in [0.15, 0.2) is 70.2 Å². The monoisotopic (exact) mass is 356 g/mol. The fourth-order valence-electron chi connectivity index (χ4n) is 2.35. The van der Waals surface area contributed by atoms with Gasteiger partial charge in [-0.1, -0.05) is 6.07 Å². The molecule has 0 aliphatic rings. The van der Waals surface area contributed by atoms with Crippen LogP contribution in [0.3, 0.4) is 0 Å². The molecule has 25 heavy (non-hydrogen) atoms. The number of benzene rings is 2. The van der Waals surface area contributed by atoms with E-state index in [0.717, 1.165) is 22.6 Å². The minimum atomic E-state index is -3.60. The van der Waals surface area contributed by atoms with Crippen molar-refractivity contribution in [2.45, 2.75) is 25.3 Å². The summed E-state index contributed by atoms with van der Waals surface area (Å²) in [6.45, 7) is 4.42. The summed E-state index contributed by atoms with van der Waals surface area (Å²) in [6, 6.07) is 15.9. The van der Waals surface area contributed by atoms with E-state index in [9.17, 15) is 8.42 Å². The maximum Gasteiger partial charge on any atom is 0.261 e. The van der Waals surface area contributed by atoms with Gasteiger partial charge >= 0.3 is 0 Å². The number of hydrogen-bond donors (Lipinski definition) is 2. The minimum Gasteiger partial charge on any atom is -0.467 e. The largest absolute Gasteiger partial charge is 0.467 e. The van der Waals surface area contributed by atoms with Crippen LogP contribution in [0.4, 0.5) is 11.4 Å². The van der Waals surface area contributed by atoms with Crippen LogP contribution in [0, 0.1) is 13.8 Å². The van der Waals surface area contributed by atoms with Gasteiger partial charge in [-0.15, -0.1) is 0 Å². The number of rotatable bonds is 6. The second kappa shape index (κ2) is 7.03. The summed E-state index contributed by atoms with van der Waals surface area (Å²) in [6.07, 6.45) is 1.63. The molecule has 0 unspecified atom stereocenters. The molecule has 0 saturated heterocycles. The average molecular weight is 356 g/mol. The zero-order valence-corrected chi connectivity index (χ0v) is 14.9. The third-order valence-electron chi connectivity index (χ3n) is 3.97. The molecule has 130 valence electrons. The molecule has 5 nitrogen and oxygen atoms in total. The molecule has 2 aromatic carbocycles. The van der Waals surface area contributed by atoms with E-state index in [1.54, 1.807) is 30.5 Å². The highest BCUT2D eigenvalue weighted by Crippen LogP contribution is 2.20. The normalized spacial score (nSPS) is 11.3. The lowest BCUT2D eigenvalue weighted by Crippen LogP contribution is -2.13. The van der Waals surface area contributed by atoms with Crippen LogP contribution >= 0.6 is 0 Å². The Morgan fingerprint density at radius 2 is 1.64 bits per heavy atom. The number of nitrogens with one attached hydrogen (secondary N) is 2. The molecule has 1 aromatic heterocycles. The van der Waals surface area contributed by atoms with Crippen LogP contribution in [0.5, 0.6) is 0 Å².